The first kappa shape index (κ1) is 26.8. The van der Waals surface area contributed by atoms with Gasteiger partial charge in [0.25, 0.3) is 0 Å². The lowest BCUT2D eigenvalue weighted by Crippen LogP contribution is -2.51. The van der Waals surface area contributed by atoms with Crippen LogP contribution >= 0.6 is 23.4 Å². The molecular weight excluding hydrogens is 476 g/mol. The number of halogens is 1. The van der Waals surface area contributed by atoms with Crippen molar-refractivity contribution < 1.29 is 9.59 Å². The fourth-order valence-electron chi connectivity index (χ4n) is 3.73. The lowest BCUT2D eigenvalue weighted by atomic mass is 10.0. The molecule has 0 aliphatic heterocycles. The standard InChI is InChI=1S/C29H33ClN2O2S/c1-3-17-31-29(34)27(18-23-7-5-4-6-8-23)32(19-24-13-15-26(30)16-14-24)28(33)21-35-20-25-11-9-22(2)10-12-25/h4-16,27H,3,17-21H2,1-2H3,(H,31,34)/t27-/m1/s1. The van der Waals surface area contributed by atoms with Crippen LogP contribution in [-0.2, 0) is 28.3 Å². The molecule has 3 rings (SSSR count). The molecule has 4 nitrogen and oxygen atoms in total. The Morgan fingerprint density at radius 3 is 2.23 bits per heavy atom. The maximum absolute atomic E-state index is 13.6. The molecule has 1 N–H and O–H groups in total. The molecule has 1 atom stereocenters. The third-order valence-electron chi connectivity index (χ3n) is 5.70. The van der Waals surface area contributed by atoms with E-state index in [2.05, 4.69) is 36.5 Å². The Bertz CT molecular complexity index is 1070. The number of hydrogen-bond acceptors (Lipinski definition) is 3. The molecule has 0 spiro atoms. The Hall–Kier alpha value is -2.76. The van der Waals surface area contributed by atoms with Gasteiger partial charge in [0.1, 0.15) is 6.04 Å². The summed E-state index contributed by atoms with van der Waals surface area (Å²) in [5, 5.41) is 3.65. The first-order chi connectivity index (χ1) is 17.0. The van der Waals surface area contributed by atoms with Gasteiger partial charge in [-0.1, -0.05) is 90.8 Å². The van der Waals surface area contributed by atoms with E-state index in [1.54, 1.807) is 16.7 Å². The molecule has 0 bridgehead atoms. The van der Waals surface area contributed by atoms with Crippen molar-refractivity contribution in [2.75, 3.05) is 12.3 Å². The van der Waals surface area contributed by atoms with E-state index in [1.165, 1.54) is 11.1 Å². The number of amides is 2. The second-order valence-corrected chi connectivity index (χ2v) is 10.0. The van der Waals surface area contributed by atoms with E-state index in [-0.39, 0.29) is 11.8 Å². The molecule has 3 aromatic rings. The number of nitrogens with zero attached hydrogens (tertiary/aromatic N) is 1. The van der Waals surface area contributed by atoms with E-state index in [4.69, 9.17) is 11.6 Å². The summed E-state index contributed by atoms with van der Waals surface area (Å²) in [5.74, 6) is 0.867. The van der Waals surface area contributed by atoms with Crippen molar-refractivity contribution in [3.8, 4) is 0 Å². The zero-order valence-corrected chi connectivity index (χ0v) is 21.9. The van der Waals surface area contributed by atoms with Gasteiger partial charge in [-0.2, -0.15) is 0 Å². The maximum atomic E-state index is 13.6. The van der Waals surface area contributed by atoms with Gasteiger partial charge in [0.15, 0.2) is 0 Å². The van der Waals surface area contributed by atoms with Crippen LogP contribution in [0.4, 0.5) is 0 Å². The number of thioether (sulfide) groups is 1. The van der Waals surface area contributed by atoms with E-state index in [1.807, 2.05) is 61.5 Å². The highest BCUT2D eigenvalue weighted by Crippen LogP contribution is 2.20. The monoisotopic (exact) mass is 508 g/mol. The molecule has 0 heterocycles. The molecule has 0 unspecified atom stereocenters. The number of benzene rings is 3. The number of nitrogens with one attached hydrogen (secondary N) is 1. The molecule has 0 aliphatic carbocycles. The Labute approximate surface area is 218 Å². The fourth-order valence-corrected chi connectivity index (χ4v) is 4.73. The SMILES string of the molecule is CCCNC(=O)[C@@H](Cc1ccccc1)N(Cc1ccc(Cl)cc1)C(=O)CSCc1ccc(C)cc1. The van der Waals surface area contributed by atoms with Gasteiger partial charge in [-0.05, 0) is 42.2 Å². The van der Waals surface area contributed by atoms with Gasteiger partial charge in [-0.25, -0.2) is 0 Å². The van der Waals surface area contributed by atoms with Gasteiger partial charge in [0.05, 0.1) is 5.75 Å². The van der Waals surface area contributed by atoms with Crippen LogP contribution in [0, 0.1) is 6.92 Å². The van der Waals surface area contributed by atoms with Crippen molar-refractivity contribution in [1.29, 1.82) is 0 Å². The average Bonchev–Trinajstić information content (AvgIpc) is 2.87. The molecule has 0 aromatic heterocycles. The van der Waals surface area contributed by atoms with Gasteiger partial charge in [0.2, 0.25) is 11.8 Å². The van der Waals surface area contributed by atoms with E-state index < -0.39 is 6.04 Å². The summed E-state index contributed by atoms with van der Waals surface area (Å²) in [4.78, 5) is 28.6. The van der Waals surface area contributed by atoms with Crippen molar-refractivity contribution in [2.24, 2.45) is 0 Å². The largest absolute Gasteiger partial charge is 0.354 e. The summed E-state index contributed by atoms with van der Waals surface area (Å²) < 4.78 is 0. The molecule has 6 heteroatoms. The van der Waals surface area contributed by atoms with E-state index in [0.29, 0.717) is 30.3 Å². The van der Waals surface area contributed by atoms with E-state index in [0.717, 1.165) is 23.3 Å². The molecule has 0 fully saturated rings. The molecule has 2 amide bonds. The Morgan fingerprint density at radius 2 is 1.57 bits per heavy atom. The zero-order chi connectivity index (χ0) is 25.0. The van der Waals surface area contributed by atoms with Gasteiger partial charge in [0, 0.05) is 30.3 Å². The number of aryl methyl sites for hydroxylation is 1. The van der Waals surface area contributed by atoms with E-state index >= 15 is 0 Å². The fraction of sp³-hybridized carbons (Fsp3) is 0.310. The first-order valence-electron chi connectivity index (χ1n) is 11.9. The minimum atomic E-state index is -0.605. The predicted molar refractivity (Wildman–Crippen MR) is 147 cm³/mol. The van der Waals surface area contributed by atoms with Crippen LogP contribution in [0.2, 0.25) is 5.02 Å². The summed E-state index contributed by atoms with van der Waals surface area (Å²) in [6.07, 6.45) is 1.29. The van der Waals surface area contributed by atoms with Gasteiger partial charge in [-0.3, -0.25) is 9.59 Å². The zero-order valence-electron chi connectivity index (χ0n) is 20.4. The number of rotatable bonds is 12. The lowest BCUT2D eigenvalue weighted by molar-refractivity contribution is -0.139. The van der Waals surface area contributed by atoms with Crippen LogP contribution < -0.4 is 5.32 Å². The van der Waals surface area contributed by atoms with Crippen molar-refractivity contribution >= 4 is 35.2 Å². The molecule has 0 radical (unpaired) electrons. The topological polar surface area (TPSA) is 49.4 Å². The Balaban J connectivity index is 1.81. The second-order valence-electron chi connectivity index (χ2n) is 8.62. The summed E-state index contributed by atoms with van der Waals surface area (Å²) in [6, 6.07) is 25.1. The quantitative estimate of drug-likeness (QED) is 0.324. The van der Waals surface area contributed by atoms with Crippen molar-refractivity contribution in [3.05, 3.63) is 106 Å². The molecule has 0 aliphatic rings. The summed E-state index contributed by atoms with van der Waals surface area (Å²) in [5.41, 5.74) is 4.35. The third kappa shape index (κ3) is 8.75. The van der Waals surface area contributed by atoms with Crippen LogP contribution in [0.3, 0.4) is 0 Å². The van der Waals surface area contributed by atoms with Crippen molar-refractivity contribution in [2.45, 2.75) is 45.0 Å². The van der Waals surface area contributed by atoms with E-state index in [9.17, 15) is 9.59 Å². The van der Waals surface area contributed by atoms with Gasteiger partial charge in [-0.15, -0.1) is 11.8 Å². The molecule has 3 aromatic carbocycles. The molecule has 0 saturated heterocycles. The number of carbonyl (C=O) groups excluding carboxylic acids is 2. The van der Waals surface area contributed by atoms with Crippen LogP contribution in [-0.4, -0.2) is 35.1 Å². The van der Waals surface area contributed by atoms with Crippen LogP contribution in [0.15, 0.2) is 78.9 Å². The van der Waals surface area contributed by atoms with Crippen molar-refractivity contribution in [1.82, 2.24) is 10.2 Å². The highest BCUT2D eigenvalue weighted by atomic mass is 35.5. The van der Waals surface area contributed by atoms with Crippen LogP contribution in [0.1, 0.15) is 35.6 Å². The van der Waals surface area contributed by atoms with Crippen molar-refractivity contribution in [3.63, 3.8) is 0 Å². The number of hydrogen-bond donors (Lipinski definition) is 1. The second kappa shape index (κ2) is 14.0. The smallest absolute Gasteiger partial charge is 0.243 e. The van der Waals surface area contributed by atoms with Gasteiger partial charge >= 0.3 is 0 Å². The number of carbonyl (C=O) groups is 2. The molecular formula is C29H33ClN2O2S. The first-order valence-corrected chi connectivity index (χ1v) is 13.5. The highest BCUT2D eigenvalue weighted by molar-refractivity contribution is 7.99. The summed E-state index contributed by atoms with van der Waals surface area (Å²) >= 11 is 7.65. The minimum absolute atomic E-state index is 0.0513. The lowest BCUT2D eigenvalue weighted by Gasteiger charge is -2.31. The van der Waals surface area contributed by atoms with Gasteiger partial charge < -0.3 is 10.2 Å². The molecule has 0 saturated carbocycles. The summed E-state index contributed by atoms with van der Waals surface area (Å²) in [7, 11) is 0. The molecule has 35 heavy (non-hydrogen) atoms. The summed E-state index contributed by atoms with van der Waals surface area (Å²) in [6.45, 7) is 5.00. The third-order valence-corrected chi connectivity index (χ3v) is 6.94. The normalized spacial score (nSPS) is 11.6. The van der Waals surface area contributed by atoms with Crippen LogP contribution in [0.5, 0.6) is 0 Å². The van der Waals surface area contributed by atoms with Crippen LogP contribution in [0.25, 0.3) is 0 Å². The Kier molecular flexibility index (Phi) is 10.7. The highest BCUT2D eigenvalue weighted by Gasteiger charge is 2.30. The average molecular weight is 509 g/mol. The molecule has 184 valence electrons. The predicted octanol–water partition coefficient (Wildman–Crippen LogP) is 6.05. The maximum Gasteiger partial charge on any atom is 0.243 e. The minimum Gasteiger partial charge on any atom is -0.354 e. The Morgan fingerprint density at radius 1 is 0.914 bits per heavy atom.